The minimum absolute atomic E-state index is 0.133. The molecule has 1 aliphatic heterocycles. The summed E-state index contributed by atoms with van der Waals surface area (Å²) in [5.41, 5.74) is 1.32. The Kier molecular flexibility index (Phi) is 1.13. The average molecular weight is 135 g/mol. The summed E-state index contributed by atoms with van der Waals surface area (Å²) in [7, 11) is 0. The zero-order valence-electron chi connectivity index (χ0n) is 5.71. The van der Waals surface area contributed by atoms with Crippen molar-refractivity contribution in [2.45, 2.75) is 19.4 Å². The quantitative estimate of drug-likeness (QED) is 0.515. The van der Waals surface area contributed by atoms with E-state index >= 15 is 0 Å². The first kappa shape index (κ1) is 5.71. The van der Waals surface area contributed by atoms with Crippen molar-refractivity contribution in [2.24, 2.45) is 0 Å². The Balaban J connectivity index is 2.63. The summed E-state index contributed by atoms with van der Waals surface area (Å²) in [5, 5.41) is 0. The summed E-state index contributed by atoms with van der Waals surface area (Å²) in [5.74, 6) is 0. The number of fused-ring (bicyclic) bond motifs is 1. The Morgan fingerprint density at radius 3 is 3.30 bits per heavy atom. The number of rotatable bonds is 0. The third kappa shape index (κ3) is 0.764. The van der Waals surface area contributed by atoms with Gasteiger partial charge in [-0.15, -0.1) is 0 Å². The van der Waals surface area contributed by atoms with Gasteiger partial charge in [0.05, 0.1) is 0 Å². The molecule has 0 unspecified atom stereocenters. The van der Waals surface area contributed by atoms with Crippen LogP contribution in [-0.2, 0) is 13.0 Å². The SMILES string of the molecule is O=c1ccn2c(c1)CCC2. The lowest BCUT2D eigenvalue weighted by Crippen LogP contribution is -2.04. The van der Waals surface area contributed by atoms with E-state index in [-0.39, 0.29) is 5.43 Å². The lowest BCUT2D eigenvalue weighted by atomic mass is 10.3. The first-order valence-electron chi connectivity index (χ1n) is 3.56. The highest BCUT2D eigenvalue weighted by atomic mass is 16.1. The molecule has 0 aromatic carbocycles. The van der Waals surface area contributed by atoms with Crippen LogP contribution in [0.1, 0.15) is 12.1 Å². The maximum atomic E-state index is 10.8. The zero-order valence-corrected chi connectivity index (χ0v) is 5.71. The van der Waals surface area contributed by atoms with Crippen LogP contribution in [0.4, 0.5) is 0 Å². The highest BCUT2D eigenvalue weighted by Crippen LogP contribution is 2.10. The van der Waals surface area contributed by atoms with Crippen LogP contribution in [0.3, 0.4) is 0 Å². The number of hydrogen-bond donors (Lipinski definition) is 0. The molecule has 2 rings (SSSR count). The second kappa shape index (κ2) is 1.97. The van der Waals surface area contributed by atoms with E-state index < -0.39 is 0 Å². The molecule has 10 heavy (non-hydrogen) atoms. The highest BCUT2D eigenvalue weighted by Gasteiger charge is 2.06. The molecule has 0 radical (unpaired) electrons. The van der Waals surface area contributed by atoms with Gasteiger partial charge in [0.25, 0.3) is 0 Å². The van der Waals surface area contributed by atoms with E-state index in [0.29, 0.717) is 0 Å². The van der Waals surface area contributed by atoms with E-state index in [1.807, 2.05) is 6.20 Å². The molecule has 2 heteroatoms. The largest absolute Gasteiger partial charge is 0.351 e. The molecule has 0 N–H and O–H groups in total. The van der Waals surface area contributed by atoms with Crippen molar-refractivity contribution in [1.82, 2.24) is 4.57 Å². The molecule has 0 amide bonds. The number of nitrogens with zero attached hydrogens (tertiary/aromatic N) is 1. The fourth-order valence-electron chi connectivity index (χ4n) is 1.42. The van der Waals surface area contributed by atoms with Crippen LogP contribution >= 0.6 is 0 Å². The van der Waals surface area contributed by atoms with Gasteiger partial charge in [0.15, 0.2) is 5.43 Å². The van der Waals surface area contributed by atoms with Crippen molar-refractivity contribution in [3.05, 3.63) is 34.2 Å². The molecule has 1 aromatic rings. The molecule has 0 atom stereocenters. The van der Waals surface area contributed by atoms with Crippen molar-refractivity contribution >= 4 is 0 Å². The van der Waals surface area contributed by atoms with E-state index in [9.17, 15) is 4.79 Å². The topological polar surface area (TPSA) is 22.0 Å². The molecule has 1 aliphatic rings. The minimum atomic E-state index is 0.133. The van der Waals surface area contributed by atoms with Gasteiger partial charge in [-0.25, -0.2) is 0 Å². The average Bonchev–Trinajstić information content (AvgIpc) is 2.33. The summed E-state index contributed by atoms with van der Waals surface area (Å²) in [6, 6.07) is 3.35. The van der Waals surface area contributed by atoms with Crippen LogP contribution in [0.2, 0.25) is 0 Å². The van der Waals surface area contributed by atoms with Crippen molar-refractivity contribution in [3.63, 3.8) is 0 Å². The Labute approximate surface area is 59.1 Å². The lowest BCUT2D eigenvalue weighted by Gasteiger charge is -1.99. The summed E-state index contributed by atoms with van der Waals surface area (Å²) in [4.78, 5) is 10.8. The normalized spacial score (nSPS) is 15.2. The number of hydrogen-bond acceptors (Lipinski definition) is 1. The van der Waals surface area contributed by atoms with Gasteiger partial charge in [0.2, 0.25) is 0 Å². The van der Waals surface area contributed by atoms with E-state index in [1.165, 1.54) is 12.1 Å². The van der Waals surface area contributed by atoms with Crippen LogP contribution < -0.4 is 5.43 Å². The fraction of sp³-hybridized carbons (Fsp3) is 0.375. The molecule has 0 saturated carbocycles. The zero-order chi connectivity index (χ0) is 6.97. The Morgan fingerprint density at radius 1 is 1.50 bits per heavy atom. The second-order valence-corrected chi connectivity index (χ2v) is 2.65. The van der Waals surface area contributed by atoms with Gasteiger partial charge >= 0.3 is 0 Å². The molecule has 2 nitrogen and oxygen atoms in total. The fourth-order valence-corrected chi connectivity index (χ4v) is 1.42. The summed E-state index contributed by atoms with van der Waals surface area (Å²) in [6.07, 6.45) is 4.13. The molecular formula is C8H9NO. The molecule has 0 fully saturated rings. The van der Waals surface area contributed by atoms with Gasteiger partial charge in [-0.05, 0) is 12.8 Å². The summed E-state index contributed by atoms with van der Waals surface area (Å²) >= 11 is 0. The number of aryl methyl sites for hydroxylation is 2. The van der Waals surface area contributed by atoms with E-state index in [2.05, 4.69) is 4.57 Å². The van der Waals surface area contributed by atoms with Crippen molar-refractivity contribution in [1.29, 1.82) is 0 Å². The monoisotopic (exact) mass is 135 g/mol. The van der Waals surface area contributed by atoms with Gasteiger partial charge in [-0.3, -0.25) is 4.79 Å². The molecule has 0 spiro atoms. The van der Waals surface area contributed by atoms with E-state index in [1.54, 1.807) is 12.1 Å². The van der Waals surface area contributed by atoms with E-state index in [4.69, 9.17) is 0 Å². The Hall–Kier alpha value is -1.05. The van der Waals surface area contributed by atoms with Gasteiger partial charge in [0.1, 0.15) is 0 Å². The van der Waals surface area contributed by atoms with Crippen LogP contribution in [0.15, 0.2) is 23.1 Å². The lowest BCUT2D eigenvalue weighted by molar-refractivity contribution is 0.743. The molecule has 52 valence electrons. The van der Waals surface area contributed by atoms with Crippen molar-refractivity contribution in [3.8, 4) is 0 Å². The first-order chi connectivity index (χ1) is 4.86. The van der Waals surface area contributed by atoms with Crippen molar-refractivity contribution < 1.29 is 0 Å². The Morgan fingerprint density at radius 2 is 2.40 bits per heavy atom. The first-order valence-corrected chi connectivity index (χ1v) is 3.56. The van der Waals surface area contributed by atoms with Gasteiger partial charge in [-0.1, -0.05) is 0 Å². The number of pyridine rings is 1. The smallest absolute Gasteiger partial charge is 0.181 e. The summed E-state index contributed by atoms with van der Waals surface area (Å²) in [6.45, 7) is 1.08. The molecule has 1 aromatic heterocycles. The molecule has 0 saturated heterocycles. The van der Waals surface area contributed by atoms with Crippen LogP contribution in [0.5, 0.6) is 0 Å². The van der Waals surface area contributed by atoms with Gasteiger partial charge in [-0.2, -0.15) is 0 Å². The van der Waals surface area contributed by atoms with Gasteiger partial charge in [0, 0.05) is 30.6 Å². The number of aromatic nitrogens is 1. The highest BCUT2D eigenvalue weighted by molar-refractivity contribution is 5.09. The minimum Gasteiger partial charge on any atom is -0.351 e. The predicted octanol–water partition coefficient (Wildman–Crippen LogP) is 0.795. The Bertz CT molecular complexity index is 300. The maximum Gasteiger partial charge on any atom is 0.181 e. The summed E-state index contributed by atoms with van der Waals surface area (Å²) < 4.78 is 2.14. The third-order valence-corrected chi connectivity index (χ3v) is 1.93. The van der Waals surface area contributed by atoms with Crippen LogP contribution in [0, 0.1) is 0 Å². The van der Waals surface area contributed by atoms with Gasteiger partial charge < -0.3 is 4.57 Å². The molecular weight excluding hydrogens is 126 g/mol. The molecule has 0 bridgehead atoms. The van der Waals surface area contributed by atoms with Crippen LogP contribution in [0.25, 0.3) is 0 Å². The molecule has 2 heterocycles. The second-order valence-electron chi connectivity index (χ2n) is 2.65. The van der Waals surface area contributed by atoms with Crippen molar-refractivity contribution in [2.75, 3.05) is 0 Å². The predicted molar refractivity (Wildman–Crippen MR) is 39.0 cm³/mol. The van der Waals surface area contributed by atoms with E-state index in [0.717, 1.165) is 13.0 Å². The third-order valence-electron chi connectivity index (χ3n) is 1.93. The molecule has 0 aliphatic carbocycles. The standard InChI is InChI=1S/C8H9NO/c10-8-3-5-9-4-1-2-7(9)6-8/h3,5-6H,1-2,4H2. The van der Waals surface area contributed by atoms with Crippen LogP contribution in [-0.4, -0.2) is 4.57 Å². The maximum absolute atomic E-state index is 10.8.